The Morgan fingerprint density at radius 1 is 0.269 bits per heavy atom. The average Bonchev–Trinajstić information content (AvgIpc) is 3.44. The fourth-order valence-corrected chi connectivity index (χ4v) is 10.1. The summed E-state index contributed by atoms with van der Waals surface area (Å²) in [6.45, 7) is 6.51. The summed E-state index contributed by atoms with van der Waals surface area (Å²) in [5, 5.41) is 0. The van der Waals surface area contributed by atoms with Gasteiger partial charge in [0.2, 0.25) is 0 Å². The van der Waals surface area contributed by atoms with Crippen molar-refractivity contribution in [1.29, 1.82) is 0 Å². The summed E-state index contributed by atoms with van der Waals surface area (Å²) >= 11 is 0. The highest BCUT2D eigenvalue weighted by molar-refractivity contribution is 5.71. The molecule has 0 bridgehead atoms. The van der Waals surface area contributed by atoms with Crippen LogP contribution in [0, 0.1) is 0 Å². The molecule has 0 saturated carbocycles. The van der Waals surface area contributed by atoms with E-state index in [0.29, 0.717) is 19.3 Å². The van der Waals surface area contributed by atoms with Gasteiger partial charge in [0.15, 0.2) is 6.10 Å². The van der Waals surface area contributed by atoms with E-state index in [2.05, 4.69) is 81.5 Å². The molecule has 78 heavy (non-hydrogen) atoms. The molecule has 0 aliphatic heterocycles. The molecule has 1 atom stereocenters. The molecule has 0 aliphatic rings. The first kappa shape index (κ1) is 75.1. The zero-order chi connectivity index (χ0) is 56.4. The lowest BCUT2D eigenvalue weighted by Crippen LogP contribution is -2.30. The number of esters is 3. The van der Waals surface area contributed by atoms with Gasteiger partial charge in [0.25, 0.3) is 0 Å². The van der Waals surface area contributed by atoms with Gasteiger partial charge in [-0.3, -0.25) is 14.4 Å². The number of carbonyl (C=O) groups excluding carboxylic acids is 3. The van der Waals surface area contributed by atoms with Crippen LogP contribution in [0.2, 0.25) is 0 Å². The first-order chi connectivity index (χ1) is 38.5. The van der Waals surface area contributed by atoms with Crippen LogP contribution < -0.4 is 0 Å². The summed E-state index contributed by atoms with van der Waals surface area (Å²) in [5.41, 5.74) is 0. The van der Waals surface area contributed by atoms with Crippen LogP contribution in [0.15, 0.2) is 60.8 Å². The minimum Gasteiger partial charge on any atom is -0.462 e. The molecule has 0 heterocycles. The van der Waals surface area contributed by atoms with Crippen molar-refractivity contribution in [3.8, 4) is 0 Å². The number of unbranched alkanes of at least 4 members (excludes halogenated alkanes) is 42. The number of ether oxygens (including phenoxy) is 3. The van der Waals surface area contributed by atoms with Crippen LogP contribution in [0.5, 0.6) is 0 Å². The highest BCUT2D eigenvalue weighted by atomic mass is 16.6. The Labute approximate surface area is 485 Å². The summed E-state index contributed by atoms with van der Waals surface area (Å²) in [5.74, 6) is -0.868. The van der Waals surface area contributed by atoms with Gasteiger partial charge in [-0.05, 0) is 83.5 Å². The Morgan fingerprint density at radius 2 is 0.500 bits per heavy atom. The first-order valence-corrected chi connectivity index (χ1v) is 34.3. The monoisotopic (exact) mass is 1090 g/mol. The lowest BCUT2D eigenvalue weighted by atomic mass is 10.0. The molecule has 1 unspecified atom stereocenters. The van der Waals surface area contributed by atoms with Gasteiger partial charge in [0.1, 0.15) is 13.2 Å². The van der Waals surface area contributed by atoms with E-state index in [1.165, 1.54) is 238 Å². The van der Waals surface area contributed by atoms with Crippen molar-refractivity contribution in [2.75, 3.05) is 13.2 Å². The maximum atomic E-state index is 12.9. The maximum absolute atomic E-state index is 12.9. The quantitative estimate of drug-likeness (QED) is 0.0261. The Kier molecular flexibility index (Phi) is 64.2. The Hall–Kier alpha value is -2.89. The van der Waals surface area contributed by atoms with Crippen molar-refractivity contribution < 1.29 is 28.6 Å². The van der Waals surface area contributed by atoms with Crippen molar-refractivity contribution in [3.05, 3.63) is 60.8 Å². The fraction of sp³-hybridized carbons (Fsp3) is 0.819. The summed E-state index contributed by atoms with van der Waals surface area (Å²) < 4.78 is 16.8. The van der Waals surface area contributed by atoms with Crippen molar-refractivity contribution in [1.82, 2.24) is 0 Å². The molecule has 0 fully saturated rings. The third kappa shape index (κ3) is 63.9. The van der Waals surface area contributed by atoms with Gasteiger partial charge in [-0.25, -0.2) is 0 Å². The lowest BCUT2D eigenvalue weighted by molar-refractivity contribution is -0.167. The molecule has 0 N–H and O–H groups in total. The maximum Gasteiger partial charge on any atom is 0.306 e. The third-order valence-corrected chi connectivity index (χ3v) is 15.3. The zero-order valence-corrected chi connectivity index (χ0v) is 52.2. The van der Waals surface area contributed by atoms with Gasteiger partial charge >= 0.3 is 17.9 Å². The second kappa shape index (κ2) is 66.6. The van der Waals surface area contributed by atoms with Crippen molar-refractivity contribution in [2.24, 2.45) is 0 Å². The standard InChI is InChI=1S/C72H130O6/c1-4-7-10-13-16-18-20-22-24-26-28-30-32-33-34-35-36-37-38-39-41-42-44-46-48-50-52-54-56-59-62-65-71(74)77-68-69(67-76-70(73)64-61-58-15-12-9-6-3)78-72(75)66-63-60-57-55-53-51-49-47-45-43-40-31-29-27-25-23-21-19-17-14-11-8-5-2/h8,11,17,19,23,25-26,28-29,31,69H,4-7,9-10,12-16,18,20-22,24,27,30,32-68H2,1-3H3/b11-8-,19-17-,25-23-,28-26-,31-29-. The third-order valence-electron chi connectivity index (χ3n) is 15.3. The summed E-state index contributed by atoms with van der Waals surface area (Å²) in [6, 6.07) is 0. The molecule has 454 valence electrons. The van der Waals surface area contributed by atoms with Crippen LogP contribution in [0.4, 0.5) is 0 Å². The van der Waals surface area contributed by atoms with Crippen LogP contribution in [0.25, 0.3) is 0 Å². The van der Waals surface area contributed by atoms with E-state index in [4.69, 9.17) is 14.2 Å². The summed E-state index contributed by atoms with van der Waals surface area (Å²) in [6.07, 6.45) is 85.8. The number of rotatable bonds is 63. The second-order valence-electron chi connectivity index (χ2n) is 23.1. The summed E-state index contributed by atoms with van der Waals surface area (Å²) in [4.78, 5) is 38.1. The molecular weight excluding hydrogens is 961 g/mol. The molecule has 0 saturated heterocycles. The Morgan fingerprint density at radius 3 is 0.795 bits per heavy atom. The van der Waals surface area contributed by atoms with Gasteiger partial charge in [-0.1, -0.05) is 319 Å². The molecule has 6 heteroatoms. The van der Waals surface area contributed by atoms with E-state index in [-0.39, 0.29) is 31.1 Å². The van der Waals surface area contributed by atoms with Crippen LogP contribution in [-0.4, -0.2) is 37.2 Å². The molecule has 0 spiro atoms. The number of carbonyl (C=O) groups is 3. The fourth-order valence-electron chi connectivity index (χ4n) is 10.1. The van der Waals surface area contributed by atoms with Gasteiger partial charge in [0.05, 0.1) is 0 Å². The number of hydrogen-bond donors (Lipinski definition) is 0. The number of hydrogen-bond acceptors (Lipinski definition) is 6. The smallest absolute Gasteiger partial charge is 0.306 e. The highest BCUT2D eigenvalue weighted by Crippen LogP contribution is 2.18. The van der Waals surface area contributed by atoms with Gasteiger partial charge in [0, 0.05) is 19.3 Å². The molecule has 0 aromatic rings. The predicted octanol–water partition coefficient (Wildman–Crippen LogP) is 23.5. The Balaban J connectivity index is 3.99. The highest BCUT2D eigenvalue weighted by Gasteiger charge is 2.19. The van der Waals surface area contributed by atoms with Crippen LogP contribution in [0.1, 0.15) is 361 Å². The SMILES string of the molecule is CC/C=C\C/C=C\C/C=C\C/C=C\CCCCCCCCCCCCC(=O)OC(COC(=O)CCCCCCCC)COC(=O)CCCCCCCCCCCCCCCCCCCCC/C=C\CCCCCCCCCC. The van der Waals surface area contributed by atoms with Crippen molar-refractivity contribution >= 4 is 17.9 Å². The van der Waals surface area contributed by atoms with Crippen LogP contribution in [0.3, 0.4) is 0 Å². The molecule has 0 aromatic heterocycles. The Bertz CT molecular complexity index is 1390. The minimum absolute atomic E-state index is 0.0721. The lowest BCUT2D eigenvalue weighted by Gasteiger charge is -2.18. The first-order valence-electron chi connectivity index (χ1n) is 34.3. The summed E-state index contributed by atoms with van der Waals surface area (Å²) in [7, 11) is 0. The zero-order valence-electron chi connectivity index (χ0n) is 52.2. The normalized spacial score (nSPS) is 12.4. The van der Waals surface area contributed by atoms with E-state index in [0.717, 1.165) is 83.5 Å². The topological polar surface area (TPSA) is 78.9 Å². The van der Waals surface area contributed by atoms with Crippen LogP contribution in [-0.2, 0) is 28.6 Å². The molecule has 0 amide bonds. The average molecular weight is 1090 g/mol. The van der Waals surface area contributed by atoms with Crippen molar-refractivity contribution in [2.45, 2.75) is 367 Å². The van der Waals surface area contributed by atoms with Gasteiger partial charge in [-0.2, -0.15) is 0 Å². The van der Waals surface area contributed by atoms with Crippen LogP contribution >= 0.6 is 0 Å². The predicted molar refractivity (Wildman–Crippen MR) is 339 cm³/mol. The molecular formula is C72H130O6. The number of allylic oxidation sites excluding steroid dienone is 10. The van der Waals surface area contributed by atoms with E-state index in [1.807, 2.05) is 0 Å². The van der Waals surface area contributed by atoms with Crippen molar-refractivity contribution in [3.63, 3.8) is 0 Å². The van der Waals surface area contributed by atoms with E-state index >= 15 is 0 Å². The van der Waals surface area contributed by atoms with E-state index in [1.54, 1.807) is 0 Å². The minimum atomic E-state index is -0.773. The molecule has 6 nitrogen and oxygen atoms in total. The van der Waals surface area contributed by atoms with Gasteiger partial charge in [-0.15, -0.1) is 0 Å². The van der Waals surface area contributed by atoms with E-state index in [9.17, 15) is 14.4 Å². The molecule has 0 aliphatic carbocycles. The van der Waals surface area contributed by atoms with E-state index < -0.39 is 6.10 Å². The largest absolute Gasteiger partial charge is 0.462 e. The second-order valence-corrected chi connectivity index (χ2v) is 23.1. The van der Waals surface area contributed by atoms with Gasteiger partial charge < -0.3 is 14.2 Å². The molecule has 0 radical (unpaired) electrons. The molecule has 0 aromatic carbocycles. The molecule has 0 rings (SSSR count).